The van der Waals surface area contributed by atoms with Crippen LogP contribution in [0.2, 0.25) is 0 Å². The van der Waals surface area contributed by atoms with Crippen LogP contribution in [-0.2, 0) is 0 Å². The van der Waals surface area contributed by atoms with Crippen molar-refractivity contribution in [3.05, 3.63) is 0 Å². The second-order valence-electron chi connectivity index (χ2n) is 4.53. The van der Waals surface area contributed by atoms with Gasteiger partial charge in [-0.05, 0) is 25.2 Å². The van der Waals surface area contributed by atoms with Crippen molar-refractivity contribution in [1.29, 1.82) is 0 Å². The summed E-state index contributed by atoms with van der Waals surface area (Å²) in [6, 6.07) is 0. The highest BCUT2D eigenvalue weighted by molar-refractivity contribution is 4.88. The Morgan fingerprint density at radius 2 is 1.50 bits per heavy atom. The number of hydrogen-bond donors (Lipinski definition) is 0. The quantitative estimate of drug-likeness (QED) is 0.626. The highest BCUT2D eigenvalue weighted by atomic mass is 19.4. The molecule has 1 aliphatic carbocycles. The average Bonchev–Trinajstić information content (AvgIpc) is 2.18. The van der Waals surface area contributed by atoms with E-state index in [0.29, 0.717) is 12.8 Å². The van der Waals surface area contributed by atoms with Crippen molar-refractivity contribution in [3.8, 4) is 0 Å². The SMILES string of the molecule is CCC(C1CCCCC1)C(F)(F)C(F)(F)F. The highest BCUT2D eigenvalue weighted by Gasteiger charge is 2.62. The molecule has 96 valence electrons. The zero-order chi connectivity index (χ0) is 12.4. The molecular weight excluding hydrogens is 227 g/mol. The third-order valence-corrected chi connectivity index (χ3v) is 3.50. The van der Waals surface area contributed by atoms with Crippen LogP contribution in [0.5, 0.6) is 0 Å². The summed E-state index contributed by atoms with van der Waals surface area (Å²) in [5.41, 5.74) is 0. The molecular formula is C11H17F5. The molecule has 0 aliphatic heterocycles. The second kappa shape index (κ2) is 4.88. The smallest absolute Gasteiger partial charge is 0.196 e. The van der Waals surface area contributed by atoms with Gasteiger partial charge in [0.25, 0.3) is 0 Å². The minimum Gasteiger partial charge on any atom is -0.196 e. The molecule has 5 heteroatoms. The first kappa shape index (κ1) is 13.7. The van der Waals surface area contributed by atoms with E-state index in [0.717, 1.165) is 19.3 Å². The van der Waals surface area contributed by atoms with Crippen LogP contribution in [0.25, 0.3) is 0 Å². The normalized spacial score (nSPS) is 22.1. The monoisotopic (exact) mass is 244 g/mol. The van der Waals surface area contributed by atoms with Gasteiger partial charge < -0.3 is 0 Å². The first-order chi connectivity index (χ1) is 7.30. The molecule has 1 rings (SSSR count). The lowest BCUT2D eigenvalue weighted by molar-refractivity contribution is -0.309. The van der Waals surface area contributed by atoms with Gasteiger partial charge >= 0.3 is 12.1 Å². The minimum atomic E-state index is -5.41. The van der Waals surface area contributed by atoms with Gasteiger partial charge in [-0.1, -0.05) is 26.2 Å². The molecule has 0 amide bonds. The topological polar surface area (TPSA) is 0 Å². The Kier molecular flexibility index (Phi) is 4.18. The van der Waals surface area contributed by atoms with Crippen LogP contribution in [0, 0.1) is 11.8 Å². The summed E-state index contributed by atoms with van der Waals surface area (Å²) in [5.74, 6) is -6.56. The summed E-state index contributed by atoms with van der Waals surface area (Å²) in [4.78, 5) is 0. The van der Waals surface area contributed by atoms with Gasteiger partial charge in [-0.25, -0.2) is 0 Å². The van der Waals surface area contributed by atoms with E-state index in [9.17, 15) is 22.0 Å². The molecule has 1 saturated carbocycles. The molecule has 0 aromatic carbocycles. The first-order valence-corrected chi connectivity index (χ1v) is 5.75. The van der Waals surface area contributed by atoms with Crippen molar-refractivity contribution in [2.24, 2.45) is 11.8 Å². The second-order valence-corrected chi connectivity index (χ2v) is 4.53. The molecule has 1 fully saturated rings. The number of hydrogen-bond acceptors (Lipinski definition) is 0. The van der Waals surface area contributed by atoms with Gasteiger partial charge in [0.1, 0.15) is 0 Å². The standard InChI is InChI=1S/C11H17F5/c1-2-9(8-6-4-3-5-7-8)10(12,13)11(14,15)16/h8-9H,2-7H2,1H3. The van der Waals surface area contributed by atoms with Crippen LogP contribution in [0.3, 0.4) is 0 Å². The van der Waals surface area contributed by atoms with E-state index in [-0.39, 0.29) is 6.42 Å². The summed E-state index contributed by atoms with van der Waals surface area (Å²) in [7, 11) is 0. The fraction of sp³-hybridized carbons (Fsp3) is 1.00. The fourth-order valence-electron chi connectivity index (χ4n) is 2.63. The Morgan fingerprint density at radius 1 is 1.00 bits per heavy atom. The lowest BCUT2D eigenvalue weighted by Gasteiger charge is -2.35. The van der Waals surface area contributed by atoms with Crippen LogP contribution in [0.1, 0.15) is 45.4 Å². The maximum absolute atomic E-state index is 13.3. The Morgan fingerprint density at radius 3 is 1.88 bits per heavy atom. The Labute approximate surface area is 92.2 Å². The van der Waals surface area contributed by atoms with Crippen LogP contribution in [0.15, 0.2) is 0 Å². The lowest BCUT2D eigenvalue weighted by Crippen LogP contribution is -2.46. The van der Waals surface area contributed by atoms with Crippen molar-refractivity contribution < 1.29 is 22.0 Å². The van der Waals surface area contributed by atoms with Gasteiger partial charge in [0, 0.05) is 5.92 Å². The molecule has 16 heavy (non-hydrogen) atoms. The molecule has 1 unspecified atom stereocenters. The predicted octanol–water partition coefficient (Wildman–Crippen LogP) is 4.79. The molecule has 0 N–H and O–H groups in total. The summed E-state index contributed by atoms with van der Waals surface area (Å²) in [6.07, 6.45) is -2.02. The Hall–Kier alpha value is -0.350. The molecule has 0 heterocycles. The average molecular weight is 244 g/mol. The summed E-state index contributed by atoms with van der Waals surface area (Å²) in [5, 5.41) is 0. The lowest BCUT2D eigenvalue weighted by atomic mass is 9.75. The molecule has 1 atom stereocenters. The predicted molar refractivity (Wildman–Crippen MR) is 51.4 cm³/mol. The van der Waals surface area contributed by atoms with Gasteiger partial charge in [0.2, 0.25) is 0 Å². The van der Waals surface area contributed by atoms with E-state index in [4.69, 9.17) is 0 Å². The van der Waals surface area contributed by atoms with Crippen molar-refractivity contribution in [2.45, 2.75) is 57.5 Å². The van der Waals surface area contributed by atoms with E-state index < -0.39 is 23.9 Å². The van der Waals surface area contributed by atoms with Crippen molar-refractivity contribution in [3.63, 3.8) is 0 Å². The maximum atomic E-state index is 13.3. The molecule has 0 radical (unpaired) electrons. The molecule has 0 spiro atoms. The number of halogens is 5. The minimum absolute atomic E-state index is 0.114. The van der Waals surface area contributed by atoms with Crippen LogP contribution in [-0.4, -0.2) is 12.1 Å². The molecule has 0 aromatic heterocycles. The van der Waals surface area contributed by atoms with Gasteiger partial charge in [0.15, 0.2) is 0 Å². The molecule has 0 nitrogen and oxygen atoms in total. The van der Waals surface area contributed by atoms with E-state index in [1.54, 1.807) is 0 Å². The number of rotatable bonds is 3. The molecule has 0 bridgehead atoms. The van der Waals surface area contributed by atoms with Crippen molar-refractivity contribution in [2.75, 3.05) is 0 Å². The Bertz CT molecular complexity index is 215. The summed E-state index contributed by atoms with van der Waals surface area (Å²) < 4.78 is 63.3. The van der Waals surface area contributed by atoms with E-state index in [1.807, 2.05) is 0 Å². The van der Waals surface area contributed by atoms with Gasteiger partial charge in [-0.3, -0.25) is 0 Å². The fourth-order valence-corrected chi connectivity index (χ4v) is 2.63. The van der Waals surface area contributed by atoms with Crippen LogP contribution < -0.4 is 0 Å². The number of alkyl halides is 5. The van der Waals surface area contributed by atoms with Crippen LogP contribution >= 0.6 is 0 Å². The summed E-state index contributed by atoms with van der Waals surface area (Å²) >= 11 is 0. The molecule has 1 aliphatic rings. The maximum Gasteiger partial charge on any atom is 0.453 e. The van der Waals surface area contributed by atoms with Gasteiger partial charge in [-0.2, -0.15) is 22.0 Å². The molecule has 0 aromatic rings. The Balaban J connectivity index is 2.79. The van der Waals surface area contributed by atoms with E-state index in [2.05, 4.69) is 0 Å². The summed E-state index contributed by atoms with van der Waals surface area (Å²) in [6.45, 7) is 1.42. The molecule has 0 saturated heterocycles. The van der Waals surface area contributed by atoms with Crippen molar-refractivity contribution >= 4 is 0 Å². The largest absolute Gasteiger partial charge is 0.453 e. The van der Waals surface area contributed by atoms with Gasteiger partial charge in [-0.15, -0.1) is 0 Å². The highest BCUT2D eigenvalue weighted by Crippen LogP contribution is 2.48. The van der Waals surface area contributed by atoms with E-state index in [1.165, 1.54) is 6.92 Å². The van der Waals surface area contributed by atoms with Gasteiger partial charge in [0.05, 0.1) is 0 Å². The third-order valence-electron chi connectivity index (χ3n) is 3.50. The first-order valence-electron chi connectivity index (χ1n) is 5.75. The third kappa shape index (κ3) is 2.66. The zero-order valence-corrected chi connectivity index (χ0v) is 9.29. The van der Waals surface area contributed by atoms with Crippen LogP contribution in [0.4, 0.5) is 22.0 Å². The van der Waals surface area contributed by atoms with Crippen molar-refractivity contribution in [1.82, 2.24) is 0 Å². The zero-order valence-electron chi connectivity index (χ0n) is 9.29. The van der Waals surface area contributed by atoms with E-state index >= 15 is 0 Å².